The number of nitrogens with zero attached hydrogens (tertiary/aromatic N) is 1. The molecule has 0 radical (unpaired) electrons. The second-order valence-corrected chi connectivity index (χ2v) is 8.12. The minimum absolute atomic E-state index is 0.405. The van der Waals surface area contributed by atoms with Crippen LogP contribution in [0.25, 0.3) is 0 Å². The van der Waals surface area contributed by atoms with Crippen LogP contribution in [0.1, 0.15) is 53.4 Å². The summed E-state index contributed by atoms with van der Waals surface area (Å²) in [6, 6.07) is 0. The van der Waals surface area contributed by atoms with Crippen LogP contribution in [0.5, 0.6) is 0 Å². The molecule has 2 fully saturated rings. The second kappa shape index (κ2) is 7.94. The molecule has 1 atom stereocenters. The Bertz CT molecular complexity index is 298. The molecule has 2 rings (SSSR count). The summed E-state index contributed by atoms with van der Waals surface area (Å²) in [5.74, 6) is 1.67. The number of hydrogen-bond donors (Lipinski definition) is 1. The van der Waals surface area contributed by atoms with Crippen LogP contribution < -0.4 is 5.32 Å². The van der Waals surface area contributed by atoms with E-state index in [1.807, 2.05) is 0 Å². The largest absolute Gasteiger partial charge is 0.376 e. The van der Waals surface area contributed by atoms with E-state index < -0.39 is 0 Å². The molecular weight excluding hydrogens is 260 g/mol. The highest BCUT2D eigenvalue weighted by atomic mass is 16.5. The van der Waals surface area contributed by atoms with E-state index in [0.29, 0.717) is 11.5 Å². The van der Waals surface area contributed by atoms with Gasteiger partial charge in [-0.1, -0.05) is 33.6 Å². The van der Waals surface area contributed by atoms with Crippen molar-refractivity contribution in [2.45, 2.75) is 59.5 Å². The van der Waals surface area contributed by atoms with E-state index in [0.717, 1.165) is 38.1 Å². The molecule has 1 unspecified atom stereocenters. The Labute approximate surface area is 131 Å². The molecule has 1 aliphatic carbocycles. The van der Waals surface area contributed by atoms with Crippen LogP contribution in [0.4, 0.5) is 0 Å². The van der Waals surface area contributed by atoms with Gasteiger partial charge in [0, 0.05) is 26.2 Å². The van der Waals surface area contributed by atoms with Gasteiger partial charge in [-0.2, -0.15) is 0 Å². The predicted octanol–water partition coefficient (Wildman–Crippen LogP) is 3.15. The monoisotopic (exact) mass is 296 g/mol. The first kappa shape index (κ1) is 17.2. The van der Waals surface area contributed by atoms with E-state index in [9.17, 15) is 0 Å². The van der Waals surface area contributed by atoms with Crippen LogP contribution in [0.2, 0.25) is 0 Å². The van der Waals surface area contributed by atoms with Crippen LogP contribution in [0.3, 0.4) is 0 Å². The molecule has 0 amide bonds. The Hall–Kier alpha value is -0.120. The topological polar surface area (TPSA) is 24.5 Å². The number of rotatable bonds is 6. The lowest BCUT2D eigenvalue weighted by molar-refractivity contribution is -0.0385. The number of nitrogens with one attached hydrogen (secondary N) is 1. The highest BCUT2D eigenvalue weighted by Crippen LogP contribution is 2.39. The van der Waals surface area contributed by atoms with E-state index >= 15 is 0 Å². The van der Waals surface area contributed by atoms with Crippen molar-refractivity contribution >= 4 is 0 Å². The lowest BCUT2D eigenvalue weighted by Gasteiger charge is -2.44. The van der Waals surface area contributed by atoms with Crippen molar-refractivity contribution in [2.75, 3.05) is 39.3 Å². The summed E-state index contributed by atoms with van der Waals surface area (Å²) >= 11 is 0. The lowest BCUT2D eigenvalue weighted by Crippen LogP contribution is -2.51. The van der Waals surface area contributed by atoms with Gasteiger partial charge in [0.15, 0.2) is 0 Å². The van der Waals surface area contributed by atoms with Crippen LogP contribution >= 0.6 is 0 Å². The molecule has 0 aromatic rings. The summed E-state index contributed by atoms with van der Waals surface area (Å²) in [6.45, 7) is 16.0. The van der Waals surface area contributed by atoms with Crippen molar-refractivity contribution in [3.05, 3.63) is 0 Å². The first-order valence-electron chi connectivity index (χ1n) is 9.04. The van der Waals surface area contributed by atoms with Gasteiger partial charge < -0.3 is 10.1 Å². The van der Waals surface area contributed by atoms with Crippen LogP contribution in [0.15, 0.2) is 0 Å². The number of hydrogen-bond acceptors (Lipinski definition) is 3. The molecule has 1 saturated carbocycles. The van der Waals surface area contributed by atoms with Crippen molar-refractivity contribution in [2.24, 2.45) is 17.3 Å². The number of morpholine rings is 1. The average Bonchev–Trinajstić information content (AvgIpc) is 2.42. The fourth-order valence-electron chi connectivity index (χ4n) is 3.90. The maximum atomic E-state index is 5.70. The molecule has 0 aromatic heterocycles. The van der Waals surface area contributed by atoms with Crippen LogP contribution in [-0.4, -0.2) is 50.3 Å². The fraction of sp³-hybridized carbons (Fsp3) is 1.00. The minimum Gasteiger partial charge on any atom is -0.376 e. The molecule has 0 spiro atoms. The van der Waals surface area contributed by atoms with Gasteiger partial charge >= 0.3 is 0 Å². The van der Waals surface area contributed by atoms with Crippen molar-refractivity contribution in [1.82, 2.24) is 10.2 Å². The van der Waals surface area contributed by atoms with Crippen molar-refractivity contribution in [1.29, 1.82) is 0 Å². The third-order valence-electron chi connectivity index (χ3n) is 5.27. The van der Waals surface area contributed by atoms with Gasteiger partial charge in [0.05, 0.1) is 12.7 Å². The Kier molecular flexibility index (Phi) is 6.51. The van der Waals surface area contributed by atoms with Gasteiger partial charge in [0.1, 0.15) is 0 Å². The standard InChI is InChI=1S/C18H36N2O/c1-15(2)11-19-13-18(7-5-16(3)6-8-18)14-20-9-10-21-17(4)12-20/h15-17,19H,5-14H2,1-4H3. The molecule has 0 bridgehead atoms. The van der Waals surface area contributed by atoms with E-state index in [1.54, 1.807) is 0 Å². The Morgan fingerprint density at radius 3 is 2.57 bits per heavy atom. The summed E-state index contributed by atoms with van der Waals surface area (Å²) < 4.78 is 5.70. The van der Waals surface area contributed by atoms with Crippen LogP contribution in [-0.2, 0) is 4.74 Å². The molecular formula is C18H36N2O. The van der Waals surface area contributed by atoms with Gasteiger partial charge in [-0.15, -0.1) is 0 Å². The quantitative estimate of drug-likeness (QED) is 0.815. The van der Waals surface area contributed by atoms with Crippen LogP contribution in [0, 0.1) is 17.3 Å². The average molecular weight is 296 g/mol. The minimum atomic E-state index is 0.405. The zero-order valence-electron chi connectivity index (χ0n) is 14.7. The molecule has 2 aliphatic rings. The first-order chi connectivity index (χ1) is 9.99. The third kappa shape index (κ3) is 5.54. The van der Waals surface area contributed by atoms with Crippen molar-refractivity contribution < 1.29 is 4.74 Å². The van der Waals surface area contributed by atoms with E-state index in [1.165, 1.54) is 38.8 Å². The van der Waals surface area contributed by atoms with Gasteiger partial charge in [-0.05, 0) is 43.6 Å². The summed E-state index contributed by atoms with van der Waals surface area (Å²) in [4.78, 5) is 2.65. The first-order valence-corrected chi connectivity index (χ1v) is 9.04. The molecule has 124 valence electrons. The predicted molar refractivity (Wildman–Crippen MR) is 89.6 cm³/mol. The van der Waals surface area contributed by atoms with Gasteiger partial charge in [-0.25, -0.2) is 0 Å². The molecule has 3 nitrogen and oxygen atoms in total. The lowest BCUT2D eigenvalue weighted by atomic mass is 9.70. The molecule has 1 saturated heterocycles. The fourth-order valence-corrected chi connectivity index (χ4v) is 3.90. The Balaban J connectivity index is 1.91. The molecule has 3 heteroatoms. The van der Waals surface area contributed by atoms with Gasteiger partial charge in [0.25, 0.3) is 0 Å². The highest BCUT2D eigenvalue weighted by Gasteiger charge is 2.36. The molecule has 1 N–H and O–H groups in total. The van der Waals surface area contributed by atoms with E-state index in [-0.39, 0.29) is 0 Å². The maximum Gasteiger partial charge on any atom is 0.0674 e. The summed E-state index contributed by atoms with van der Waals surface area (Å²) in [7, 11) is 0. The van der Waals surface area contributed by atoms with Crippen molar-refractivity contribution in [3.8, 4) is 0 Å². The smallest absolute Gasteiger partial charge is 0.0674 e. The van der Waals surface area contributed by atoms with E-state index in [4.69, 9.17) is 4.74 Å². The number of ether oxygens (including phenoxy) is 1. The maximum absolute atomic E-state index is 5.70. The Morgan fingerprint density at radius 2 is 1.95 bits per heavy atom. The zero-order valence-corrected chi connectivity index (χ0v) is 14.7. The second-order valence-electron chi connectivity index (χ2n) is 8.12. The van der Waals surface area contributed by atoms with E-state index in [2.05, 4.69) is 37.9 Å². The molecule has 0 aromatic carbocycles. The summed E-state index contributed by atoms with van der Waals surface area (Å²) in [5.41, 5.74) is 0.498. The van der Waals surface area contributed by atoms with Gasteiger partial charge in [0.2, 0.25) is 0 Å². The molecule has 1 heterocycles. The normalized spacial score (nSPS) is 35.3. The SMILES string of the molecule is CC(C)CNCC1(CN2CCOC(C)C2)CCC(C)CC1. The summed E-state index contributed by atoms with van der Waals surface area (Å²) in [5, 5.41) is 3.75. The highest BCUT2D eigenvalue weighted by molar-refractivity contribution is 4.90. The zero-order chi connectivity index (χ0) is 15.3. The molecule has 1 aliphatic heterocycles. The van der Waals surface area contributed by atoms with Crippen molar-refractivity contribution in [3.63, 3.8) is 0 Å². The Morgan fingerprint density at radius 1 is 1.24 bits per heavy atom. The van der Waals surface area contributed by atoms with Gasteiger partial charge in [-0.3, -0.25) is 4.90 Å². The molecule has 21 heavy (non-hydrogen) atoms. The third-order valence-corrected chi connectivity index (χ3v) is 5.27. The summed E-state index contributed by atoms with van der Waals surface area (Å²) in [6.07, 6.45) is 6.00.